The van der Waals surface area contributed by atoms with Crippen molar-refractivity contribution in [1.29, 1.82) is 0 Å². The van der Waals surface area contributed by atoms with Crippen LogP contribution in [-0.4, -0.2) is 34.5 Å². The lowest BCUT2D eigenvalue weighted by molar-refractivity contribution is -0.150. The number of carboxylic acid groups (broad SMARTS) is 1. The SMILES string of the molecule is O=C(O)[C@@H]1CCCN1C(=O)C1CCCCC1. The predicted octanol–water partition coefficient (Wildman–Crippen LogP) is 1.64. The summed E-state index contributed by atoms with van der Waals surface area (Å²) in [5, 5.41) is 9.04. The number of carbonyl (C=O) groups excluding carboxylic acids is 1. The first-order chi connectivity index (χ1) is 7.70. The summed E-state index contributed by atoms with van der Waals surface area (Å²) in [6.07, 6.45) is 6.78. The van der Waals surface area contributed by atoms with Crippen LogP contribution in [0.2, 0.25) is 0 Å². The van der Waals surface area contributed by atoms with Gasteiger partial charge in [-0.25, -0.2) is 4.79 Å². The summed E-state index contributed by atoms with van der Waals surface area (Å²) in [4.78, 5) is 24.8. The number of aliphatic carboxylic acids is 1. The van der Waals surface area contributed by atoms with E-state index in [-0.39, 0.29) is 11.8 Å². The van der Waals surface area contributed by atoms with Crippen molar-refractivity contribution in [3.8, 4) is 0 Å². The van der Waals surface area contributed by atoms with Crippen LogP contribution in [-0.2, 0) is 9.59 Å². The second-order valence-corrected chi connectivity index (χ2v) is 4.86. The maximum atomic E-state index is 12.2. The molecule has 1 N–H and O–H groups in total. The zero-order valence-electron chi connectivity index (χ0n) is 9.52. The summed E-state index contributed by atoms with van der Waals surface area (Å²) in [6, 6.07) is -0.561. The second kappa shape index (κ2) is 4.85. The number of hydrogen-bond donors (Lipinski definition) is 1. The first-order valence-corrected chi connectivity index (χ1v) is 6.23. The molecule has 1 saturated carbocycles. The molecule has 4 nitrogen and oxygen atoms in total. The highest BCUT2D eigenvalue weighted by molar-refractivity contribution is 5.85. The molecule has 0 radical (unpaired) electrons. The molecule has 1 heterocycles. The summed E-state index contributed by atoms with van der Waals surface area (Å²) >= 11 is 0. The van der Waals surface area contributed by atoms with E-state index >= 15 is 0 Å². The van der Waals surface area contributed by atoms with Crippen LogP contribution < -0.4 is 0 Å². The van der Waals surface area contributed by atoms with Gasteiger partial charge in [0.15, 0.2) is 0 Å². The van der Waals surface area contributed by atoms with Crippen LogP contribution in [0, 0.1) is 5.92 Å². The summed E-state index contributed by atoms with van der Waals surface area (Å²) in [5.74, 6) is -0.667. The van der Waals surface area contributed by atoms with E-state index in [1.54, 1.807) is 4.90 Å². The highest BCUT2D eigenvalue weighted by Crippen LogP contribution is 2.28. The molecule has 0 bridgehead atoms. The van der Waals surface area contributed by atoms with E-state index in [2.05, 4.69) is 0 Å². The molecule has 0 aromatic carbocycles. The third-order valence-electron chi connectivity index (χ3n) is 3.78. The Morgan fingerprint density at radius 1 is 1.00 bits per heavy atom. The molecule has 0 aromatic rings. The lowest BCUT2D eigenvalue weighted by atomic mass is 9.88. The molecule has 0 unspecified atom stereocenters. The van der Waals surface area contributed by atoms with Gasteiger partial charge in [-0.1, -0.05) is 19.3 Å². The first-order valence-electron chi connectivity index (χ1n) is 6.23. The van der Waals surface area contributed by atoms with E-state index in [1.807, 2.05) is 0 Å². The Morgan fingerprint density at radius 3 is 2.31 bits per heavy atom. The van der Waals surface area contributed by atoms with Crippen LogP contribution in [0.1, 0.15) is 44.9 Å². The van der Waals surface area contributed by atoms with Gasteiger partial charge in [0.2, 0.25) is 5.91 Å². The van der Waals surface area contributed by atoms with Gasteiger partial charge in [0.25, 0.3) is 0 Å². The maximum Gasteiger partial charge on any atom is 0.326 e. The fraction of sp³-hybridized carbons (Fsp3) is 0.833. The lowest BCUT2D eigenvalue weighted by Crippen LogP contribution is -2.43. The molecule has 1 aliphatic heterocycles. The molecule has 1 amide bonds. The van der Waals surface area contributed by atoms with E-state index in [0.29, 0.717) is 13.0 Å². The molecule has 0 spiro atoms. The Labute approximate surface area is 95.6 Å². The van der Waals surface area contributed by atoms with Gasteiger partial charge in [-0.05, 0) is 25.7 Å². The highest BCUT2D eigenvalue weighted by atomic mass is 16.4. The van der Waals surface area contributed by atoms with Gasteiger partial charge < -0.3 is 10.0 Å². The average molecular weight is 225 g/mol. The Morgan fingerprint density at radius 2 is 1.69 bits per heavy atom. The normalized spacial score (nSPS) is 27.0. The zero-order valence-corrected chi connectivity index (χ0v) is 9.52. The Bertz CT molecular complexity index is 284. The van der Waals surface area contributed by atoms with E-state index in [9.17, 15) is 9.59 Å². The van der Waals surface area contributed by atoms with Crippen LogP contribution in [0.5, 0.6) is 0 Å². The molecule has 1 saturated heterocycles. The monoisotopic (exact) mass is 225 g/mol. The van der Waals surface area contributed by atoms with Gasteiger partial charge in [-0.15, -0.1) is 0 Å². The van der Waals surface area contributed by atoms with Crippen molar-refractivity contribution < 1.29 is 14.7 Å². The molecule has 90 valence electrons. The fourth-order valence-electron chi connectivity index (χ4n) is 2.87. The number of carbonyl (C=O) groups is 2. The maximum absolute atomic E-state index is 12.2. The Hall–Kier alpha value is -1.06. The first kappa shape index (κ1) is 11.4. The Kier molecular flexibility index (Phi) is 3.46. The summed E-state index contributed by atoms with van der Waals surface area (Å²) < 4.78 is 0. The van der Waals surface area contributed by atoms with Crippen molar-refractivity contribution in [3.05, 3.63) is 0 Å². The molecule has 4 heteroatoms. The van der Waals surface area contributed by atoms with Crippen molar-refractivity contribution in [2.75, 3.05) is 6.54 Å². The van der Waals surface area contributed by atoms with Gasteiger partial charge in [-0.2, -0.15) is 0 Å². The fourth-order valence-corrected chi connectivity index (χ4v) is 2.87. The third kappa shape index (κ3) is 2.20. The number of likely N-dealkylation sites (tertiary alicyclic amines) is 1. The van der Waals surface area contributed by atoms with Crippen LogP contribution in [0.3, 0.4) is 0 Å². The average Bonchev–Trinajstić information content (AvgIpc) is 2.78. The topological polar surface area (TPSA) is 57.6 Å². The molecule has 0 aromatic heterocycles. The third-order valence-corrected chi connectivity index (χ3v) is 3.78. The minimum absolute atomic E-state index is 0.0876. The molecule has 2 aliphatic rings. The van der Waals surface area contributed by atoms with E-state index in [4.69, 9.17) is 5.11 Å². The molecule has 16 heavy (non-hydrogen) atoms. The van der Waals surface area contributed by atoms with Crippen LogP contribution in [0.25, 0.3) is 0 Å². The standard InChI is InChI=1S/C12H19NO3/c14-11(9-5-2-1-3-6-9)13-8-4-7-10(13)12(15)16/h9-10H,1-8H2,(H,15,16)/t10-/m0/s1. The Balaban J connectivity index is 1.99. The molecular formula is C12H19NO3. The number of amides is 1. The number of carboxylic acids is 1. The number of rotatable bonds is 2. The van der Waals surface area contributed by atoms with E-state index in [0.717, 1.165) is 32.1 Å². The van der Waals surface area contributed by atoms with Crippen LogP contribution >= 0.6 is 0 Å². The minimum Gasteiger partial charge on any atom is -0.480 e. The molecule has 1 atom stereocenters. The van der Waals surface area contributed by atoms with Crippen LogP contribution in [0.4, 0.5) is 0 Å². The summed E-state index contributed by atoms with van der Waals surface area (Å²) in [7, 11) is 0. The molecule has 1 aliphatic carbocycles. The molecule has 2 fully saturated rings. The number of nitrogens with zero attached hydrogens (tertiary/aromatic N) is 1. The molecular weight excluding hydrogens is 206 g/mol. The minimum atomic E-state index is -0.846. The highest BCUT2D eigenvalue weighted by Gasteiger charge is 2.37. The second-order valence-electron chi connectivity index (χ2n) is 4.86. The van der Waals surface area contributed by atoms with Crippen molar-refractivity contribution in [3.63, 3.8) is 0 Å². The van der Waals surface area contributed by atoms with Crippen molar-refractivity contribution in [2.24, 2.45) is 5.92 Å². The van der Waals surface area contributed by atoms with E-state index in [1.165, 1.54) is 6.42 Å². The largest absolute Gasteiger partial charge is 0.480 e. The predicted molar refractivity (Wildman–Crippen MR) is 58.9 cm³/mol. The van der Waals surface area contributed by atoms with E-state index < -0.39 is 12.0 Å². The van der Waals surface area contributed by atoms with Gasteiger partial charge in [-0.3, -0.25) is 4.79 Å². The van der Waals surface area contributed by atoms with Crippen molar-refractivity contribution >= 4 is 11.9 Å². The summed E-state index contributed by atoms with van der Waals surface area (Å²) in [6.45, 7) is 0.631. The smallest absolute Gasteiger partial charge is 0.326 e. The van der Waals surface area contributed by atoms with Gasteiger partial charge >= 0.3 is 5.97 Å². The molecule has 2 rings (SSSR count). The van der Waals surface area contributed by atoms with Crippen molar-refractivity contribution in [2.45, 2.75) is 51.0 Å². The zero-order chi connectivity index (χ0) is 11.5. The lowest BCUT2D eigenvalue weighted by Gasteiger charge is -2.28. The van der Waals surface area contributed by atoms with Crippen molar-refractivity contribution in [1.82, 2.24) is 4.90 Å². The quantitative estimate of drug-likeness (QED) is 0.777. The number of hydrogen-bond acceptors (Lipinski definition) is 2. The van der Waals surface area contributed by atoms with Gasteiger partial charge in [0, 0.05) is 12.5 Å². The van der Waals surface area contributed by atoms with Gasteiger partial charge in [0.05, 0.1) is 0 Å². The van der Waals surface area contributed by atoms with Gasteiger partial charge in [0.1, 0.15) is 6.04 Å². The summed E-state index contributed by atoms with van der Waals surface area (Å²) in [5.41, 5.74) is 0. The van der Waals surface area contributed by atoms with Crippen LogP contribution in [0.15, 0.2) is 0 Å².